The Kier molecular flexibility index (Phi) is 4.73. The number of hydrogen-bond acceptors (Lipinski definition) is 5. The highest BCUT2D eigenvalue weighted by atomic mass is 32.1. The van der Waals surface area contributed by atoms with E-state index in [1.54, 1.807) is 23.1 Å². The monoisotopic (exact) mass is 369 g/mol. The van der Waals surface area contributed by atoms with Crippen molar-refractivity contribution < 1.29 is 14.3 Å². The number of carbonyl (C=O) groups is 1. The van der Waals surface area contributed by atoms with Crippen LogP contribution in [0.2, 0.25) is 0 Å². The quantitative estimate of drug-likeness (QED) is 0.709. The molecule has 6 nitrogen and oxygen atoms in total. The van der Waals surface area contributed by atoms with Gasteiger partial charge >= 0.3 is 0 Å². The maximum atomic E-state index is 13.1. The van der Waals surface area contributed by atoms with Gasteiger partial charge < -0.3 is 14.4 Å². The molecule has 134 valence electrons. The van der Waals surface area contributed by atoms with Crippen molar-refractivity contribution in [2.24, 2.45) is 0 Å². The third-order valence-corrected chi connectivity index (χ3v) is 5.21. The topological polar surface area (TPSA) is 56.6 Å². The van der Waals surface area contributed by atoms with Gasteiger partial charge in [-0.1, -0.05) is 6.07 Å². The van der Waals surface area contributed by atoms with Gasteiger partial charge in [-0.3, -0.25) is 4.79 Å². The maximum Gasteiger partial charge on any atom is 0.272 e. The molecule has 0 aliphatic carbocycles. The molecule has 1 saturated heterocycles. The molecule has 1 aliphatic rings. The van der Waals surface area contributed by atoms with Gasteiger partial charge in [-0.15, -0.1) is 11.3 Å². The molecule has 1 amide bonds. The van der Waals surface area contributed by atoms with E-state index in [0.717, 1.165) is 22.0 Å². The van der Waals surface area contributed by atoms with Gasteiger partial charge in [0, 0.05) is 13.1 Å². The Morgan fingerprint density at radius 2 is 1.96 bits per heavy atom. The van der Waals surface area contributed by atoms with Crippen LogP contribution in [-0.2, 0) is 4.74 Å². The van der Waals surface area contributed by atoms with Crippen LogP contribution in [0.25, 0.3) is 16.3 Å². The molecule has 0 bridgehead atoms. The predicted molar refractivity (Wildman–Crippen MR) is 100 cm³/mol. The molecule has 0 radical (unpaired) electrons. The first-order valence-corrected chi connectivity index (χ1v) is 9.29. The number of carbonyl (C=O) groups excluding carboxylic acids is 1. The molecule has 4 rings (SSSR count). The molecule has 1 fully saturated rings. The number of hydrogen-bond donors (Lipinski definition) is 0. The average molecular weight is 369 g/mol. The Balaban J connectivity index is 1.75. The zero-order valence-corrected chi connectivity index (χ0v) is 15.2. The fourth-order valence-electron chi connectivity index (χ4n) is 2.93. The van der Waals surface area contributed by atoms with Gasteiger partial charge in [0.1, 0.15) is 17.1 Å². The van der Waals surface area contributed by atoms with Crippen molar-refractivity contribution >= 4 is 17.2 Å². The summed E-state index contributed by atoms with van der Waals surface area (Å²) in [6.07, 6.45) is 0. The molecular weight excluding hydrogens is 350 g/mol. The smallest absolute Gasteiger partial charge is 0.272 e. The van der Waals surface area contributed by atoms with E-state index in [1.807, 2.05) is 52.7 Å². The van der Waals surface area contributed by atoms with Crippen LogP contribution in [-0.4, -0.2) is 54.0 Å². The summed E-state index contributed by atoms with van der Waals surface area (Å²) in [7, 11) is 1.63. The molecule has 2 aromatic heterocycles. The molecule has 0 atom stereocenters. The van der Waals surface area contributed by atoms with Gasteiger partial charge in [-0.05, 0) is 41.8 Å². The molecule has 1 aromatic carbocycles. The second-order valence-corrected chi connectivity index (χ2v) is 6.85. The average Bonchev–Trinajstić information content (AvgIpc) is 3.38. The van der Waals surface area contributed by atoms with Crippen LogP contribution in [0.4, 0.5) is 0 Å². The number of aromatic nitrogens is 2. The number of rotatable bonds is 4. The Morgan fingerprint density at radius 3 is 2.62 bits per heavy atom. The van der Waals surface area contributed by atoms with Crippen LogP contribution < -0.4 is 4.74 Å². The number of benzene rings is 1. The molecule has 0 spiro atoms. The van der Waals surface area contributed by atoms with Crippen molar-refractivity contribution in [3.63, 3.8) is 0 Å². The summed E-state index contributed by atoms with van der Waals surface area (Å²) < 4.78 is 12.3. The summed E-state index contributed by atoms with van der Waals surface area (Å²) in [6.45, 7) is 2.34. The fourth-order valence-corrected chi connectivity index (χ4v) is 3.61. The fraction of sp³-hybridized carbons (Fsp3) is 0.263. The molecular formula is C19H19N3O3S. The lowest BCUT2D eigenvalue weighted by molar-refractivity contribution is 0.0297. The summed E-state index contributed by atoms with van der Waals surface area (Å²) >= 11 is 1.61. The van der Waals surface area contributed by atoms with Gasteiger partial charge in [-0.2, -0.15) is 5.10 Å². The minimum atomic E-state index is -0.0283. The summed E-state index contributed by atoms with van der Waals surface area (Å²) in [5.74, 6) is 0.736. The highest BCUT2D eigenvalue weighted by molar-refractivity contribution is 7.13. The molecule has 0 N–H and O–H groups in total. The zero-order chi connectivity index (χ0) is 17.9. The van der Waals surface area contributed by atoms with E-state index in [0.29, 0.717) is 32.0 Å². The summed E-state index contributed by atoms with van der Waals surface area (Å²) in [5, 5.41) is 6.71. The Morgan fingerprint density at radius 1 is 1.19 bits per heavy atom. The molecule has 0 unspecified atom stereocenters. The van der Waals surface area contributed by atoms with E-state index < -0.39 is 0 Å². The minimum Gasteiger partial charge on any atom is -0.497 e. The summed E-state index contributed by atoms with van der Waals surface area (Å²) in [6, 6.07) is 13.4. The van der Waals surface area contributed by atoms with Crippen molar-refractivity contribution in [2.45, 2.75) is 0 Å². The van der Waals surface area contributed by atoms with Crippen molar-refractivity contribution in [2.75, 3.05) is 33.4 Å². The van der Waals surface area contributed by atoms with E-state index in [4.69, 9.17) is 14.6 Å². The van der Waals surface area contributed by atoms with Crippen LogP contribution in [0, 0.1) is 0 Å². The zero-order valence-electron chi connectivity index (χ0n) is 14.4. The van der Waals surface area contributed by atoms with Crippen molar-refractivity contribution in [3.05, 3.63) is 53.5 Å². The van der Waals surface area contributed by atoms with Crippen LogP contribution in [0.3, 0.4) is 0 Å². The number of ether oxygens (including phenoxy) is 2. The third-order valence-electron chi connectivity index (χ3n) is 4.32. The lowest BCUT2D eigenvalue weighted by Crippen LogP contribution is -2.41. The first kappa shape index (κ1) is 16.8. The summed E-state index contributed by atoms with van der Waals surface area (Å²) in [4.78, 5) is 15.9. The Hall–Kier alpha value is -2.64. The van der Waals surface area contributed by atoms with E-state index in [9.17, 15) is 4.79 Å². The number of nitrogens with zero attached hydrogens (tertiary/aromatic N) is 3. The lowest BCUT2D eigenvalue weighted by Gasteiger charge is -2.26. The molecule has 3 heterocycles. The molecule has 0 saturated carbocycles. The predicted octanol–water partition coefficient (Wildman–Crippen LogP) is 3.08. The van der Waals surface area contributed by atoms with E-state index >= 15 is 0 Å². The van der Waals surface area contributed by atoms with Crippen molar-refractivity contribution in [1.29, 1.82) is 0 Å². The third kappa shape index (κ3) is 3.23. The number of amides is 1. The standard InChI is InChI=1S/C19H19N3O3S/c1-24-15-6-4-14(5-7-15)22-17(19(23)21-8-10-25-11-9-21)13-16(20-22)18-3-2-12-26-18/h2-7,12-13H,8-11H2,1H3. The number of thiophene rings is 1. The molecule has 26 heavy (non-hydrogen) atoms. The van der Waals surface area contributed by atoms with Crippen LogP contribution >= 0.6 is 11.3 Å². The molecule has 1 aliphatic heterocycles. The summed E-state index contributed by atoms with van der Waals surface area (Å²) in [5.41, 5.74) is 2.18. The van der Waals surface area contributed by atoms with E-state index in [1.165, 1.54) is 0 Å². The van der Waals surface area contributed by atoms with Crippen molar-refractivity contribution in [3.8, 4) is 22.0 Å². The largest absolute Gasteiger partial charge is 0.497 e. The number of morpholine rings is 1. The molecule has 7 heteroatoms. The van der Waals surface area contributed by atoms with Crippen LogP contribution in [0.5, 0.6) is 5.75 Å². The maximum absolute atomic E-state index is 13.1. The van der Waals surface area contributed by atoms with Gasteiger partial charge in [-0.25, -0.2) is 4.68 Å². The van der Waals surface area contributed by atoms with Crippen LogP contribution in [0.1, 0.15) is 10.5 Å². The Bertz CT molecular complexity index is 881. The Labute approximate surface area is 155 Å². The van der Waals surface area contributed by atoms with Gasteiger partial charge in [0.05, 0.1) is 30.9 Å². The lowest BCUT2D eigenvalue weighted by atomic mass is 10.2. The van der Waals surface area contributed by atoms with Gasteiger partial charge in [0.25, 0.3) is 5.91 Å². The van der Waals surface area contributed by atoms with Crippen LogP contribution in [0.15, 0.2) is 47.8 Å². The SMILES string of the molecule is COc1ccc(-n2nc(-c3cccs3)cc2C(=O)N2CCOCC2)cc1. The van der Waals surface area contributed by atoms with Crippen molar-refractivity contribution in [1.82, 2.24) is 14.7 Å². The highest BCUT2D eigenvalue weighted by Crippen LogP contribution is 2.27. The van der Waals surface area contributed by atoms with E-state index in [-0.39, 0.29) is 5.91 Å². The normalized spacial score (nSPS) is 14.4. The first-order chi connectivity index (χ1) is 12.8. The molecule has 3 aromatic rings. The second-order valence-electron chi connectivity index (χ2n) is 5.91. The first-order valence-electron chi connectivity index (χ1n) is 8.41. The highest BCUT2D eigenvalue weighted by Gasteiger charge is 2.24. The van der Waals surface area contributed by atoms with Gasteiger partial charge in [0.15, 0.2) is 0 Å². The van der Waals surface area contributed by atoms with Gasteiger partial charge in [0.2, 0.25) is 0 Å². The second kappa shape index (κ2) is 7.31. The minimum absolute atomic E-state index is 0.0283. The number of methoxy groups -OCH3 is 1. The van der Waals surface area contributed by atoms with E-state index in [2.05, 4.69) is 0 Å².